The fraction of sp³-hybridized carbons (Fsp3) is 0.111. The van der Waals surface area contributed by atoms with Crippen LogP contribution < -0.4 is 10.9 Å². The number of aryl methyl sites for hydroxylation is 1. The van der Waals surface area contributed by atoms with Crippen molar-refractivity contribution in [1.29, 1.82) is 0 Å². The number of amides is 1. The van der Waals surface area contributed by atoms with E-state index in [1.807, 2.05) is 0 Å². The zero-order valence-electron chi connectivity index (χ0n) is 15.0. The van der Waals surface area contributed by atoms with Crippen LogP contribution in [0.4, 0.5) is 11.4 Å². The Kier molecular flexibility index (Phi) is 4.64. The number of nitrogens with one attached hydrogen (secondary N) is 1. The molecule has 0 aliphatic heterocycles. The smallest absolute Gasteiger partial charge is 0.294 e. The van der Waals surface area contributed by atoms with E-state index in [0.717, 1.165) is 4.68 Å². The molecule has 0 bridgehead atoms. The summed E-state index contributed by atoms with van der Waals surface area (Å²) in [4.78, 5) is 39.6. The van der Waals surface area contributed by atoms with Crippen LogP contribution in [0.2, 0.25) is 0 Å². The topological polar surface area (TPSA) is 133 Å². The van der Waals surface area contributed by atoms with Crippen molar-refractivity contribution >= 4 is 38.8 Å². The molecule has 0 saturated heterocycles. The molecular weight excluding hydrogens is 398 g/mol. The molecule has 3 aromatic heterocycles. The molecule has 0 radical (unpaired) electrons. The molecule has 0 atom stereocenters. The minimum Gasteiger partial charge on any atom is -0.463 e. The Morgan fingerprint density at radius 1 is 1.31 bits per heavy atom. The lowest BCUT2D eigenvalue weighted by atomic mass is 10.3. The Morgan fingerprint density at radius 2 is 2.07 bits per heavy atom. The van der Waals surface area contributed by atoms with Gasteiger partial charge in [0.25, 0.3) is 11.2 Å². The average molecular weight is 411 g/mol. The van der Waals surface area contributed by atoms with Gasteiger partial charge in [0.1, 0.15) is 12.2 Å². The summed E-state index contributed by atoms with van der Waals surface area (Å²) in [5, 5.41) is 18.3. The third-order valence-corrected chi connectivity index (χ3v) is 4.99. The van der Waals surface area contributed by atoms with Crippen molar-refractivity contribution in [1.82, 2.24) is 14.8 Å². The Labute approximate surface area is 166 Å². The van der Waals surface area contributed by atoms with Gasteiger partial charge >= 0.3 is 0 Å². The number of aromatic nitrogens is 3. The number of rotatable bonds is 5. The van der Waals surface area contributed by atoms with E-state index in [0.29, 0.717) is 26.8 Å². The summed E-state index contributed by atoms with van der Waals surface area (Å²) in [6.45, 7) is 1.43. The number of nitro benzene ring substituents is 1. The zero-order valence-corrected chi connectivity index (χ0v) is 15.8. The molecule has 4 aromatic rings. The third kappa shape index (κ3) is 3.62. The van der Waals surface area contributed by atoms with Gasteiger partial charge < -0.3 is 9.73 Å². The van der Waals surface area contributed by atoms with Crippen LogP contribution in [-0.2, 0) is 11.3 Å². The molecule has 1 aromatic carbocycles. The molecule has 0 fully saturated rings. The van der Waals surface area contributed by atoms with Crippen molar-refractivity contribution in [3.63, 3.8) is 0 Å². The second-order valence-electron chi connectivity index (χ2n) is 6.05. The Balaban J connectivity index is 1.65. The highest BCUT2D eigenvalue weighted by molar-refractivity contribution is 7.19. The number of non-ortho nitro benzene ring substituents is 1. The SMILES string of the molecule is Cc1nc2c(=O)n(CC(=O)Nc3ccc([N+](=O)[O-])cc3)nc(-c3ccco3)c2s1. The Bertz CT molecular complexity index is 1270. The second-order valence-corrected chi connectivity index (χ2v) is 7.25. The fourth-order valence-electron chi connectivity index (χ4n) is 2.75. The molecular formula is C18H13N5O5S. The van der Waals surface area contributed by atoms with Gasteiger partial charge in [-0.15, -0.1) is 11.3 Å². The first-order chi connectivity index (χ1) is 13.9. The van der Waals surface area contributed by atoms with Gasteiger partial charge in [0.05, 0.1) is 20.9 Å². The number of carbonyl (C=O) groups is 1. The number of benzene rings is 1. The van der Waals surface area contributed by atoms with E-state index in [9.17, 15) is 19.7 Å². The van der Waals surface area contributed by atoms with Crippen molar-refractivity contribution in [3.8, 4) is 11.5 Å². The number of carbonyl (C=O) groups excluding carboxylic acids is 1. The zero-order chi connectivity index (χ0) is 20.5. The van der Waals surface area contributed by atoms with Crippen molar-refractivity contribution in [2.75, 3.05) is 5.32 Å². The first-order valence-electron chi connectivity index (χ1n) is 8.39. The van der Waals surface area contributed by atoms with Gasteiger partial charge in [-0.1, -0.05) is 0 Å². The van der Waals surface area contributed by atoms with Gasteiger partial charge in [-0.3, -0.25) is 19.7 Å². The van der Waals surface area contributed by atoms with Crippen LogP contribution in [-0.4, -0.2) is 25.6 Å². The van der Waals surface area contributed by atoms with Crippen LogP contribution in [0.3, 0.4) is 0 Å². The van der Waals surface area contributed by atoms with E-state index in [2.05, 4.69) is 15.4 Å². The Hall–Kier alpha value is -3.86. The number of nitro groups is 1. The van der Waals surface area contributed by atoms with Crippen LogP contribution in [0.1, 0.15) is 5.01 Å². The average Bonchev–Trinajstić information content (AvgIpc) is 3.34. The molecule has 0 saturated carbocycles. The van der Waals surface area contributed by atoms with Crippen molar-refractivity contribution in [2.45, 2.75) is 13.5 Å². The minimum atomic E-state index is -0.531. The van der Waals surface area contributed by atoms with Crippen LogP contribution in [0, 0.1) is 17.0 Å². The quantitative estimate of drug-likeness (QED) is 0.394. The number of hydrogen-bond acceptors (Lipinski definition) is 8. The predicted octanol–water partition coefficient (Wildman–Crippen LogP) is 2.97. The largest absolute Gasteiger partial charge is 0.463 e. The summed E-state index contributed by atoms with van der Waals surface area (Å²) in [5.41, 5.74) is 0.438. The van der Waals surface area contributed by atoms with Gasteiger partial charge in [0, 0.05) is 17.8 Å². The second kappa shape index (κ2) is 7.28. The molecule has 0 unspecified atom stereocenters. The number of anilines is 1. The van der Waals surface area contributed by atoms with Crippen molar-refractivity contribution < 1.29 is 14.1 Å². The van der Waals surface area contributed by atoms with Crippen LogP contribution in [0.25, 0.3) is 21.7 Å². The summed E-state index contributed by atoms with van der Waals surface area (Å²) in [6.07, 6.45) is 1.49. The van der Waals surface area contributed by atoms with Crippen LogP contribution >= 0.6 is 11.3 Å². The van der Waals surface area contributed by atoms with E-state index >= 15 is 0 Å². The van der Waals surface area contributed by atoms with Crippen LogP contribution in [0.5, 0.6) is 0 Å². The van der Waals surface area contributed by atoms with Crippen molar-refractivity contribution in [2.24, 2.45) is 0 Å². The fourth-order valence-corrected chi connectivity index (χ4v) is 3.65. The lowest BCUT2D eigenvalue weighted by molar-refractivity contribution is -0.384. The van der Waals surface area contributed by atoms with Gasteiger partial charge in [-0.2, -0.15) is 5.10 Å². The summed E-state index contributed by atoms with van der Waals surface area (Å²) >= 11 is 1.32. The standard InChI is InChI=1S/C18H13N5O5S/c1-10-19-16-17(29-10)15(13-3-2-8-28-13)21-22(18(16)25)9-14(24)20-11-4-6-12(7-5-11)23(26)27/h2-8H,9H2,1H3,(H,20,24). The molecule has 146 valence electrons. The van der Waals surface area contributed by atoms with Crippen LogP contribution in [0.15, 0.2) is 51.9 Å². The number of nitrogens with zero attached hydrogens (tertiary/aromatic N) is 4. The molecule has 29 heavy (non-hydrogen) atoms. The van der Waals surface area contributed by atoms with Gasteiger partial charge in [-0.05, 0) is 31.2 Å². The van der Waals surface area contributed by atoms with E-state index in [-0.39, 0.29) is 17.7 Å². The summed E-state index contributed by atoms with van der Waals surface area (Å²) in [5.74, 6) is -0.0478. The lowest BCUT2D eigenvalue weighted by Gasteiger charge is -2.08. The molecule has 0 aliphatic carbocycles. The van der Waals surface area contributed by atoms with E-state index in [4.69, 9.17) is 4.42 Å². The third-order valence-electron chi connectivity index (χ3n) is 4.02. The molecule has 0 aliphatic rings. The number of hydrogen-bond donors (Lipinski definition) is 1. The first-order valence-corrected chi connectivity index (χ1v) is 9.20. The minimum absolute atomic E-state index is 0.0895. The Morgan fingerprint density at radius 3 is 2.72 bits per heavy atom. The summed E-state index contributed by atoms with van der Waals surface area (Å²) < 4.78 is 7.03. The normalized spacial score (nSPS) is 10.9. The van der Waals surface area contributed by atoms with E-state index in [1.165, 1.54) is 41.9 Å². The van der Waals surface area contributed by atoms with E-state index < -0.39 is 16.4 Å². The highest BCUT2D eigenvalue weighted by Crippen LogP contribution is 2.29. The molecule has 3 heterocycles. The number of furan rings is 1. The number of thiazole rings is 1. The van der Waals surface area contributed by atoms with Gasteiger partial charge in [0.15, 0.2) is 11.3 Å². The first kappa shape index (κ1) is 18.5. The van der Waals surface area contributed by atoms with Crippen molar-refractivity contribution in [3.05, 3.63) is 68.1 Å². The summed E-state index contributed by atoms with van der Waals surface area (Å²) in [7, 11) is 0. The monoisotopic (exact) mass is 411 g/mol. The van der Waals surface area contributed by atoms with Gasteiger partial charge in [0.2, 0.25) is 5.91 Å². The molecule has 1 amide bonds. The maximum Gasteiger partial charge on any atom is 0.294 e. The molecule has 11 heteroatoms. The van der Waals surface area contributed by atoms with Gasteiger partial charge in [-0.25, -0.2) is 9.67 Å². The van der Waals surface area contributed by atoms with E-state index in [1.54, 1.807) is 19.1 Å². The summed E-state index contributed by atoms with van der Waals surface area (Å²) in [6, 6.07) is 8.79. The highest BCUT2D eigenvalue weighted by atomic mass is 32.1. The lowest BCUT2D eigenvalue weighted by Crippen LogP contribution is -2.30. The molecule has 0 spiro atoms. The maximum absolute atomic E-state index is 12.7. The maximum atomic E-state index is 12.7. The molecule has 1 N–H and O–H groups in total. The molecule has 4 rings (SSSR count). The number of fused-ring (bicyclic) bond motifs is 1. The molecule has 10 nitrogen and oxygen atoms in total. The highest BCUT2D eigenvalue weighted by Gasteiger charge is 2.19. The predicted molar refractivity (Wildman–Crippen MR) is 106 cm³/mol.